The van der Waals surface area contributed by atoms with E-state index in [0.717, 1.165) is 11.3 Å². The van der Waals surface area contributed by atoms with Gasteiger partial charge in [0.2, 0.25) is 0 Å². The maximum Gasteiger partial charge on any atom is 0.410 e. The van der Waals surface area contributed by atoms with Crippen molar-refractivity contribution in [2.45, 2.75) is 6.04 Å². The van der Waals surface area contributed by atoms with Crippen LogP contribution in [0, 0.1) is 0 Å². The second kappa shape index (κ2) is 5.05. The Labute approximate surface area is 99.6 Å². The predicted octanol–water partition coefficient (Wildman–Crippen LogP) is 1.18. The molecule has 1 heterocycles. The third kappa shape index (κ3) is 2.34. The Morgan fingerprint density at radius 2 is 2.18 bits per heavy atom. The molecule has 2 rings (SSSR count). The van der Waals surface area contributed by atoms with E-state index in [9.17, 15) is 4.79 Å². The number of ether oxygens (including phenoxy) is 2. The fraction of sp³-hybridized carbons (Fsp3) is 0.417. The summed E-state index contributed by atoms with van der Waals surface area (Å²) >= 11 is 0. The van der Waals surface area contributed by atoms with Crippen molar-refractivity contribution in [3.8, 4) is 5.75 Å². The molecule has 0 bridgehead atoms. The lowest BCUT2D eigenvalue weighted by molar-refractivity contribution is 0.148. The summed E-state index contributed by atoms with van der Waals surface area (Å²) in [5, 5.41) is 8.92. The van der Waals surface area contributed by atoms with Crippen LogP contribution in [0.5, 0.6) is 5.75 Å². The molecule has 1 unspecified atom stereocenters. The monoisotopic (exact) mass is 237 g/mol. The predicted molar refractivity (Wildman–Crippen MR) is 60.9 cm³/mol. The molecule has 0 radical (unpaired) electrons. The lowest BCUT2D eigenvalue weighted by atomic mass is 10.1. The van der Waals surface area contributed by atoms with Crippen LogP contribution in [0.15, 0.2) is 24.3 Å². The van der Waals surface area contributed by atoms with Crippen molar-refractivity contribution in [1.29, 1.82) is 0 Å². The van der Waals surface area contributed by atoms with Crippen LogP contribution >= 0.6 is 0 Å². The van der Waals surface area contributed by atoms with Gasteiger partial charge >= 0.3 is 6.09 Å². The molecule has 1 N–H and O–H groups in total. The van der Waals surface area contributed by atoms with E-state index in [2.05, 4.69) is 0 Å². The normalized spacial score (nSPS) is 19.3. The summed E-state index contributed by atoms with van der Waals surface area (Å²) in [5.74, 6) is 0.771. The van der Waals surface area contributed by atoms with Crippen molar-refractivity contribution in [3.05, 3.63) is 29.8 Å². The summed E-state index contributed by atoms with van der Waals surface area (Å²) in [5.41, 5.74) is 0.977. The summed E-state index contributed by atoms with van der Waals surface area (Å²) in [4.78, 5) is 13.0. The number of benzene rings is 1. The molecule has 0 spiro atoms. The third-order valence-corrected chi connectivity index (χ3v) is 2.82. The minimum atomic E-state index is -0.375. The molecule has 1 amide bonds. The van der Waals surface area contributed by atoms with Gasteiger partial charge in [-0.25, -0.2) is 4.79 Å². The summed E-state index contributed by atoms with van der Waals surface area (Å²) in [6.07, 6.45) is -0.375. The van der Waals surface area contributed by atoms with Gasteiger partial charge < -0.3 is 14.6 Å². The van der Waals surface area contributed by atoms with E-state index < -0.39 is 0 Å². The van der Waals surface area contributed by atoms with Crippen LogP contribution in [0.25, 0.3) is 0 Å². The Bertz CT molecular complexity index is 390. The molecule has 1 saturated heterocycles. The number of aliphatic hydroxyl groups is 1. The van der Waals surface area contributed by atoms with Gasteiger partial charge in [-0.2, -0.15) is 0 Å². The Kier molecular flexibility index (Phi) is 3.49. The van der Waals surface area contributed by atoms with Gasteiger partial charge in [-0.1, -0.05) is 12.1 Å². The number of hydrogen-bond donors (Lipinski definition) is 1. The van der Waals surface area contributed by atoms with Gasteiger partial charge in [0, 0.05) is 6.54 Å². The SMILES string of the molecule is COc1ccc(C2COC(=O)N2CCO)cc1. The fourth-order valence-corrected chi connectivity index (χ4v) is 1.91. The summed E-state index contributed by atoms with van der Waals surface area (Å²) in [7, 11) is 1.61. The zero-order valence-electron chi connectivity index (χ0n) is 9.63. The number of rotatable bonds is 4. The van der Waals surface area contributed by atoms with Gasteiger partial charge in [-0.3, -0.25) is 4.90 Å². The second-order valence-electron chi connectivity index (χ2n) is 3.78. The average Bonchev–Trinajstić information content (AvgIpc) is 2.72. The molecule has 1 atom stereocenters. The maximum absolute atomic E-state index is 11.4. The first-order valence-corrected chi connectivity index (χ1v) is 5.44. The van der Waals surface area contributed by atoms with E-state index in [4.69, 9.17) is 14.6 Å². The molecule has 5 heteroatoms. The number of cyclic esters (lactones) is 1. The van der Waals surface area contributed by atoms with E-state index in [1.165, 1.54) is 4.90 Å². The molecule has 92 valence electrons. The molecule has 1 aliphatic rings. The first-order valence-electron chi connectivity index (χ1n) is 5.44. The van der Waals surface area contributed by atoms with Crippen LogP contribution in [0.1, 0.15) is 11.6 Å². The zero-order chi connectivity index (χ0) is 12.3. The van der Waals surface area contributed by atoms with Gasteiger partial charge in [0.25, 0.3) is 0 Å². The van der Waals surface area contributed by atoms with Crippen LogP contribution in [0.3, 0.4) is 0 Å². The maximum atomic E-state index is 11.4. The van der Waals surface area contributed by atoms with Gasteiger partial charge in [0.15, 0.2) is 0 Å². The first kappa shape index (κ1) is 11.7. The van der Waals surface area contributed by atoms with Crippen molar-refractivity contribution in [2.24, 2.45) is 0 Å². The van der Waals surface area contributed by atoms with Gasteiger partial charge in [-0.05, 0) is 17.7 Å². The van der Waals surface area contributed by atoms with Crippen LogP contribution in [0.4, 0.5) is 4.79 Å². The minimum absolute atomic E-state index is 0.0677. The smallest absolute Gasteiger partial charge is 0.410 e. The van der Waals surface area contributed by atoms with Crippen LogP contribution in [-0.4, -0.2) is 43.0 Å². The Morgan fingerprint density at radius 1 is 1.47 bits per heavy atom. The zero-order valence-corrected chi connectivity index (χ0v) is 9.63. The molecule has 17 heavy (non-hydrogen) atoms. The highest BCUT2D eigenvalue weighted by Crippen LogP contribution is 2.28. The number of nitrogens with zero attached hydrogens (tertiary/aromatic N) is 1. The van der Waals surface area contributed by atoms with Crippen molar-refractivity contribution < 1.29 is 19.4 Å². The number of amides is 1. The molecule has 1 aromatic carbocycles. The van der Waals surface area contributed by atoms with Gasteiger partial charge in [0.1, 0.15) is 12.4 Å². The van der Waals surface area contributed by atoms with E-state index in [1.807, 2.05) is 24.3 Å². The number of methoxy groups -OCH3 is 1. The number of β-amino-alcohol motifs (C(OH)–C–C–N with tert-alkyl or cyclic N) is 1. The van der Waals surface area contributed by atoms with Gasteiger partial charge in [0.05, 0.1) is 19.8 Å². The number of carbonyl (C=O) groups is 1. The standard InChI is InChI=1S/C12H15NO4/c1-16-10-4-2-9(3-5-10)11-8-17-12(15)13(11)6-7-14/h2-5,11,14H,6-8H2,1H3. The summed E-state index contributed by atoms with van der Waals surface area (Å²) in [6.45, 7) is 0.544. The number of aliphatic hydroxyl groups excluding tert-OH is 1. The lowest BCUT2D eigenvalue weighted by Gasteiger charge is -2.20. The third-order valence-electron chi connectivity index (χ3n) is 2.82. The topological polar surface area (TPSA) is 59.0 Å². The summed E-state index contributed by atoms with van der Waals surface area (Å²) < 4.78 is 10.1. The molecule has 0 aliphatic carbocycles. The Morgan fingerprint density at radius 3 is 2.76 bits per heavy atom. The molecular weight excluding hydrogens is 222 g/mol. The van der Waals surface area contributed by atoms with Crippen molar-refractivity contribution in [2.75, 3.05) is 26.9 Å². The van der Waals surface area contributed by atoms with E-state index in [-0.39, 0.29) is 25.3 Å². The molecule has 1 fully saturated rings. The van der Waals surface area contributed by atoms with E-state index >= 15 is 0 Å². The average molecular weight is 237 g/mol. The number of carbonyl (C=O) groups excluding carboxylic acids is 1. The quantitative estimate of drug-likeness (QED) is 0.854. The van der Waals surface area contributed by atoms with E-state index in [0.29, 0.717) is 6.61 Å². The largest absolute Gasteiger partial charge is 0.497 e. The highest BCUT2D eigenvalue weighted by molar-refractivity contribution is 5.70. The fourth-order valence-electron chi connectivity index (χ4n) is 1.91. The lowest BCUT2D eigenvalue weighted by Crippen LogP contribution is -2.30. The van der Waals surface area contributed by atoms with Crippen LogP contribution in [-0.2, 0) is 4.74 Å². The van der Waals surface area contributed by atoms with E-state index in [1.54, 1.807) is 7.11 Å². The second-order valence-corrected chi connectivity index (χ2v) is 3.78. The van der Waals surface area contributed by atoms with Crippen molar-refractivity contribution in [3.63, 3.8) is 0 Å². The molecule has 5 nitrogen and oxygen atoms in total. The minimum Gasteiger partial charge on any atom is -0.497 e. The molecule has 1 aromatic rings. The van der Waals surface area contributed by atoms with Crippen molar-refractivity contribution >= 4 is 6.09 Å². The summed E-state index contributed by atoms with van der Waals surface area (Å²) in [6, 6.07) is 7.36. The highest BCUT2D eigenvalue weighted by Gasteiger charge is 2.33. The highest BCUT2D eigenvalue weighted by atomic mass is 16.6. The molecular formula is C12H15NO4. The number of hydrogen-bond acceptors (Lipinski definition) is 4. The van der Waals surface area contributed by atoms with Crippen molar-refractivity contribution in [1.82, 2.24) is 4.90 Å². The molecule has 0 saturated carbocycles. The molecule has 1 aliphatic heterocycles. The van der Waals surface area contributed by atoms with Crippen LogP contribution in [0.2, 0.25) is 0 Å². The molecule has 0 aromatic heterocycles. The first-order chi connectivity index (χ1) is 8.26. The Balaban J connectivity index is 2.17. The van der Waals surface area contributed by atoms with Gasteiger partial charge in [-0.15, -0.1) is 0 Å². The van der Waals surface area contributed by atoms with Crippen LogP contribution < -0.4 is 4.74 Å². The Hall–Kier alpha value is -1.75.